The van der Waals surface area contributed by atoms with E-state index < -0.39 is 5.41 Å². The Morgan fingerprint density at radius 2 is 2.08 bits per heavy atom. The fourth-order valence-corrected chi connectivity index (χ4v) is 1.17. The molecule has 0 fully saturated rings. The van der Waals surface area contributed by atoms with Crippen LogP contribution in [0, 0.1) is 5.41 Å². The fraction of sp³-hybridized carbons (Fsp3) is 0.900. The molecule has 0 rings (SSSR count). The zero-order valence-electron chi connectivity index (χ0n) is 9.00. The number of carbonyl (C=O) groups excluding carboxylic acids is 1. The summed E-state index contributed by atoms with van der Waals surface area (Å²) in [5, 5.41) is 0. The fourth-order valence-electron chi connectivity index (χ4n) is 1.17. The lowest BCUT2D eigenvalue weighted by Gasteiger charge is -2.28. The van der Waals surface area contributed by atoms with E-state index in [9.17, 15) is 4.79 Å². The molecule has 0 amide bonds. The Balaban J connectivity index is 4.13. The minimum Gasteiger partial charge on any atom is -0.385 e. The van der Waals surface area contributed by atoms with Crippen LogP contribution in [0.2, 0.25) is 0 Å². The second-order valence-electron chi connectivity index (χ2n) is 3.66. The number of hydrogen-bond acceptors (Lipinski definition) is 3. The summed E-state index contributed by atoms with van der Waals surface area (Å²) in [5.74, 6) is 0. The van der Waals surface area contributed by atoms with Crippen LogP contribution in [0.5, 0.6) is 0 Å². The first-order valence-corrected chi connectivity index (χ1v) is 4.65. The first kappa shape index (κ1) is 12.6. The van der Waals surface area contributed by atoms with Crippen LogP contribution in [-0.2, 0) is 14.3 Å². The van der Waals surface area contributed by atoms with Crippen molar-refractivity contribution < 1.29 is 14.3 Å². The smallest absolute Gasteiger partial charge is 0.128 e. The predicted molar refractivity (Wildman–Crippen MR) is 51.8 cm³/mol. The second-order valence-corrected chi connectivity index (χ2v) is 3.66. The van der Waals surface area contributed by atoms with Crippen LogP contribution in [-0.4, -0.2) is 32.7 Å². The van der Waals surface area contributed by atoms with Gasteiger partial charge < -0.3 is 14.3 Å². The maximum Gasteiger partial charge on any atom is 0.128 e. The molecule has 0 saturated heterocycles. The summed E-state index contributed by atoms with van der Waals surface area (Å²) in [6.45, 7) is 6.96. The summed E-state index contributed by atoms with van der Waals surface area (Å²) in [4.78, 5) is 10.8. The van der Waals surface area contributed by atoms with Crippen LogP contribution in [0.15, 0.2) is 0 Å². The van der Waals surface area contributed by atoms with Crippen LogP contribution in [0.4, 0.5) is 0 Å². The highest BCUT2D eigenvalue weighted by molar-refractivity contribution is 5.59. The van der Waals surface area contributed by atoms with E-state index in [-0.39, 0.29) is 6.10 Å². The monoisotopic (exact) mass is 188 g/mol. The molecule has 0 saturated carbocycles. The highest BCUT2D eigenvalue weighted by Gasteiger charge is 2.29. The van der Waals surface area contributed by atoms with E-state index >= 15 is 0 Å². The maximum atomic E-state index is 10.8. The topological polar surface area (TPSA) is 35.5 Å². The number of rotatable bonds is 7. The number of hydrogen-bond donors (Lipinski definition) is 0. The van der Waals surface area contributed by atoms with Crippen LogP contribution in [0.3, 0.4) is 0 Å². The first-order chi connectivity index (χ1) is 6.08. The average Bonchev–Trinajstić information content (AvgIpc) is 2.12. The zero-order valence-corrected chi connectivity index (χ0v) is 9.00. The largest absolute Gasteiger partial charge is 0.385 e. The summed E-state index contributed by atoms with van der Waals surface area (Å²) >= 11 is 0. The van der Waals surface area contributed by atoms with Crippen molar-refractivity contribution in [1.82, 2.24) is 0 Å². The standard InChI is InChI=1S/C10H20O3/c1-5-13-9(6-7-12-4)10(2,3)8-11/h8-9H,5-7H2,1-4H3. The van der Waals surface area contributed by atoms with Crippen molar-refractivity contribution in [3.63, 3.8) is 0 Å². The second kappa shape index (κ2) is 6.11. The molecule has 0 spiro atoms. The summed E-state index contributed by atoms with van der Waals surface area (Å²) in [6.07, 6.45) is 1.66. The van der Waals surface area contributed by atoms with Gasteiger partial charge in [0.1, 0.15) is 6.29 Å². The third-order valence-electron chi connectivity index (χ3n) is 2.09. The van der Waals surface area contributed by atoms with Crippen molar-refractivity contribution in [2.75, 3.05) is 20.3 Å². The van der Waals surface area contributed by atoms with Gasteiger partial charge in [0.2, 0.25) is 0 Å². The molecule has 1 atom stereocenters. The van der Waals surface area contributed by atoms with Gasteiger partial charge in [-0.25, -0.2) is 0 Å². The molecule has 78 valence electrons. The molecule has 0 N–H and O–H groups in total. The molecule has 13 heavy (non-hydrogen) atoms. The molecule has 0 radical (unpaired) electrons. The molecule has 1 unspecified atom stereocenters. The average molecular weight is 188 g/mol. The van der Waals surface area contributed by atoms with Gasteiger partial charge >= 0.3 is 0 Å². The molecule has 0 bridgehead atoms. The Morgan fingerprint density at radius 3 is 2.46 bits per heavy atom. The molecule has 3 nitrogen and oxygen atoms in total. The van der Waals surface area contributed by atoms with Crippen LogP contribution in [0.1, 0.15) is 27.2 Å². The highest BCUT2D eigenvalue weighted by Crippen LogP contribution is 2.23. The van der Waals surface area contributed by atoms with Crippen molar-refractivity contribution in [3.05, 3.63) is 0 Å². The normalized spacial score (nSPS) is 14.2. The van der Waals surface area contributed by atoms with Crippen molar-refractivity contribution in [3.8, 4) is 0 Å². The lowest BCUT2D eigenvalue weighted by atomic mass is 9.86. The van der Waals surface area contributed by atoms with Crippen LogP contribution in [0.25, 0.3) is 0 Å². The van der Waals surface area contributed by atoms with E-state index in [1.807, 2.05) is 20.8 Å². The van der Waals surface area contributed by atoms with Crippen LogP contribution >= 0.6 is 0 Å². The van der Waals surface area contributed by atoms with E-state index in [0.717, 1.165) is 12.7 Å². The number of carbonyl (C=O) groups is 1. The maximum absolute atomic E-state index is 10.8. The van der Waals surface area contributed by atoms with Gasteiger partial charge in [-0.3, -0.25) is 0 Å². The Hall–Kier alpha value is -0.410. The minimum absolute atomic E-state index is 0.0463. The van der Waals surface area contributed by atoms with Gasteiger partial charge in [0.25, 0.3) is 0 Å². The van der Waals surface area contributed by atoms with Gasteiger partial charge in [0.15, 0.2) is 0 Å². The molecule has 0 aromatic rings. The van der Waals surface area contributed by atoms with Crippen LogP contribution < -0.4 is 0 Å². The van der Waals surface area contributed by atoms with Gasteiger partial charge in [0, 0.05) is 25.7 Å². The molecule has 3 heteroatoms. The Labute approximate surface area is 80.4 Å². The Bertz CT molecular complexity index is 143. The third-order valence-corrected chi connectivity index (χ3v) is 2.09. The van der Waals surface area contributed by atoms with E-state index in [2.05, 4.69) is 0 Å². The number of methoxy groups -OCH3 is 1. The minimum atomic E-state index is -0.422. The van der Waals surface area contributed by atoms with Crippen molar-refractivity contribution in [2.45, 2.75) is 33.3 Å². The number of aldehydes is 1. The molecular formula is C10H20O3. The van der Waals surface area contributed by atoms with Gasteiger partial charge in [-0.1, -0.05) is 13.8 Å². The first-order valence-electron chi connectivity index (χ1n) is 4.65. The third kappa shape index (κ3) is 4.39. The SMILES string of the molecule is CCOC(CCOC)C(C)(C)C=O. The lowest BCUT2D eigenvalue weighted by Crippen LogP contribution is -2.34. The molecule has 0 aliphatic rings. The Kier molecular flexibility index (Phi) is 5.91. The summed E-state index contributed by atoms with van der Waals surface area (Å²) in [5.41, 5.74) is -0.422. The summed E-state index contributed by atoms with van der Waals surface area (Å²) in [7, 11) is 1.65. The summed E-state index contributed by atoms with van der Waals surface area (Å²) in [6, 6.07) is 0. The van der Waals surface area contributed by atoms with E-state index in [1.54, 1.807) is 7.11 Å². The van der Waals surface area contributed by atoms with E-state index in [1.165, 1.54) is 0 Å². The molecule has 0 aromatic heterocycles. The van der Waals surface area contributed by atoms with Gasteiger partial charge in [0.05, 0.1) is 6.10 Å². The quantitative estimate of drug-likeness (QED) is 0.570. The van der Waals surface area contributed by atoms with Crippen molar-refractivity contribution >= 4 is 6.29 Å². The van der Waals surface area contributed by atoms with Gasteiger partial charge in [-0.2, -0.15) is 0 Å². The van der Waals surface area contributed by atoms with Gasteiger partial charge in [-0.15, -0.1) is 0 Å². The van der Waals surface area contributed by atoms with Gasteiger partial charge in [-0.05, 0) is 13.3 Å². The summed E-state index contributed by atoms with van der Waals surface area (Å²) < 4.78 is 10.5. The van der Waals surface area contributed by atoms with Crippen molar-refractivity contribution in [2.24, 2.45) is 5.41 Å². The molecule has 0 aliphatic heterocycles. The highest BCUT2D eigenvalue weighted by atomic mass is 16.5. The number of ether oxygens (including phenoxy) is 2. The van der Waals surface area contributed by atoms with E-state index in [0.29, 0.717) is 13.2 Å². The molecular weight excluding hydrogens is 168 g/mol. The van der Waals surface area contributed by atoms with Crippen molar-refractivity contribution in [1.29, 1.82) is 0 Å². The lowest BCUT2D eigenvalue weighted by molar-refractivity contribution is -0.124. The molecule has 0 heterocycles. The molecule has 0 aromatic carbocycles. The Morgan fingerprint density at radius 1 is 1.46 bits per heavy atom. The zero-order chi connectivity index (χ0) is 10.3. The predicted octanol–water partition coefficient (Wildman–Crippen LogP) is 1.65. The van der Waals surface area contributed by atoms with E-state index in [4.69, 9.17) is 9.47 Å². The molecule has 0 aliphatic carbocycles.